The van der Waals surface area contributed by atoms with Crippen molar-refractivity contribution < 1.29 is 23.6 Å². The number of nitrogens with zero attached hydrogens (tertiary/aromatic N) is 1. The second-order valence-electron chi connectivity index (χ2n) is 9.20. The number of nitrogens with two attached hydrogens (primary N) is 1. The van der Waals surface area contributed by atoms with Gasteiger partial charge in [0.1, 0.15) is 0 Å². The molecule has 0 spiro atoms. The van der Waals surface area contributed by atoms with Crippen molar-refractivity contribution in [3.05, 3.63) is 71.1 Å². The molecule has 10 heteroatoms. The van der Waals surface area contributed by atoms with Gasteiger partial charge in [-0.1, -0.05) is 26.0 Å². The predicted octanol–water partition coefficient (Wildman–Crippen LogP) is 5.81. The Morgan fingerprint density at radius 3 is 2.49 bits per heavy atom. The van der Waals surface area contributed by atoms with Crippen LogP contribution in [0.15, 0.2) is 60.0 Å². The molecule has 3 aromatic rings. The highest BCUT2D eigenvalue weighted by atomic mass is 32.1. The highest BCUT2D eigenvalue weighted by molar-refractivity contribution is 7.32. The standard InChI is InChI=1S/C27H32N3O5PS/c1-3-27(4-2)17-21(35-36(33)34)13-14-30(27)26(32)19-9-7-18(8-10-19)25(31)29-23-16-20(11-12-22(23)28)24-6-5-15-37-24/h5-12,15-16,21,36H,3-4,13-14,17,28H2,1-2H3,(H,29,31)(H,33,34). The van der Waals surface area contributed by atoms with E-state index >= 15 is 0 Å². The van der Waals surface area contributed by atoms with Gasteiger partial charge in [-0.2, -0.15) is 0 Å². The summed E-state index contributed by atoms with van der Waals surface area (Å²) >= 11 is 1.61. The van der Waals surface area contributed by atoms with Crippen molar-refractivity contribution in [2.75, 3.05) is 17.6 Å². The lowest BCUT2D eigenvalue weighted by atomic mass is 9.80. The van der Waals surface area contributed by atoms with E-state index in [4.69, 9.17) is 10.3 Å². The first-order chi connectivity index (χ1) is 17.8. The number of benzene rings is 2. The molecule has 0 bridgehead atoms. The molecule has 4 N–H and O–H groups in total. The summed E-state index contributed by atoms with van der Waals surface area (Å²) in [5.41, 5.74) is 8.51. The molecule has 196 valence electrons. The Morgan fingerprint density at radius 1 is 1.16 bits per heavy atom. The van der Waals surface area contributed by atoms with E-state index in [1.807, 2.05) is 48.4 Å². The number of nitrogens with one attached hydrogen (secondary N) is 1. The fraction of sp³-hybridized carbons (Fsp3) is 0.333. The Hall–Kier alpha value is -2.97. The molecule has 2 unspecified atom stereocenters. The van der Waals surface area contributed by atoms with Crippen molar-refractivity contribution in [3.8, 4) is 10.4 Å². The first-order valence-corrected chi connectivity index (χ1v) is 14.5. The summed E-state index contributed by atoms with van der Waals surface area (Å²) in [7, 11) is -3.04. The maximum Gasteiger partial charge on any atom is 0.316 e. The van der Waals surface area contributed by atoms with E-state index in [0.29, 0.717) is 54.7 Å². The number of nitrogen functional groups attached to an aromatic ring is 1. The van der Waals surface area contributed by atoms with E-state index in [2.05, 4.69) is 5.32 Å². The van der Waals surface area contributed by atoms with E-state index < -0.39 is 13.8 Å². The lowest BCUT2D eigenvalue weighted by molar-refractivity contribution is -0.00831. The van der Waals surface area contributed by atoms with E-state index in [1.165, 1.54) is 0 Å². The molecule has 2 amide bonds. The number of carbonyl (C=O) groups is 2. The van der Waals surface area contributed by atoms with Crippen molar-refractivity contribution in [1.82, 2.24) is 4.90 Å². The van der Waals surface area contributed by atoms with Crippen LogP contribution in [0.2, 0.25) is 0 Å². The molecule has 1 aliphatic heterocycles. The van der Waals surface area contributed by atoms with Gasteiger partial charge in [-0.25, -0.2) is 0 Å². The third-order valence-corrected chi connectivity index (χ3v) is 8.64. The molecule has 0 saturated carbocycles. The predicted molar refractivity (Wildman–Crippen MR) is 148 cm³/mol. The number of thiophene rings is 1. The Balaban J connectivity index is 1.48. The molecule has 8 nitrogen and oxygen atoms in total. The third kappa shape index (κ3) is 5.96. The van der Waals surface area contributed by atoms with Crippen LogP contribution in [-0.2, 0) is 9.09 Å². The smallest absolute Gasteiger partial charge is 0.316 e. The SMILES string of the molecule is CCC1(CC)CC(O[PH](=O)O)CCN1C(=O)c1ccc(C(=O)Nc2cc(-c3cccs3)ccc2N)cc1. The molecular weight excluding hydrogens is 509 g/mol. The van der Waals surface area contributed by atoms with Crippen LogP contribution in [0.1, 0.15) is 60.2 Å². The van der Waals surface area contributed by atoms with Crippen LogP contribution < -0.4 is 11.1 Å². The molecule has 2 aromatic carbocycles. The summed E-state index contributed by atoms with van der Waals surface area (Å²) in [6.07, 6.45) is 2.06. The second-order valence-corrected chi connectivity index (χ2v) is 10.9. The van der Waals surface area contributed by atoms with Gasteiger partial charge in [0.15, 0.2) is 0 Å². The molecule has 1 aliphatic rings. The summed E-state index contributed by atoms with van der Waals surface area (Å²) in [6, 6.07) is 16.1. The molecular formula is C27H32N3O5PS. The molecule has 4 rings (SSSR count). The van der Waals surface area contributed by atoms with Gasteiger partial charge < -0.3 is 25.4 Å². The first-order valence-electron chi connectivity index (χ1n) is 12.3. The quantitative estimate of drug-likeness (QED) is 0.244. The lowest BCUT2D eigenvalue weighted by Crippen LogP contribution is -2.57. The fourth-order valence-corrected chi connectivity index (χ4v) is 6.21. The second kappa shape index (κ2) is 11.6. The van der Waals surface area contributed by atoms with Gasteiger partial charge in [-0.15, -0.1) is 11.3 Å². The summed E-state index contributed by atoms with van der Waals surface area (Å²) < 4.78 is 16.4. The first kappa shape index (κ1) is 27.1. The highest BCUT2D eigenvalue weighted by Crippen LogP contribution is 2.39. The van der Waals surface area contributed by atoms with Gasteiger partial charge in [0, 0.05) is 28.1 Å². The monoisotopic (exact) mass is 541 g/mol. The van der Waals surface area contributed by atoms with Crippen LogP contribution in [-0.4, -0.2) is 39.8 Å². The van der Waals surface area contributed by atoms with Crippen LogP contribution in [0.3, 0.4) is 0 Å². The summed E-state index contributed by atoms with van der Waals surface area (Å²) in [5, 5.41) is 4.87. The number of anilines is 2. The zero-order chi connectivity index (χ0) is 26.6. The molecule has 2 atom stereocenters. The zero-order valence-electron chi connectivity index (χ0n) is 20.9. The number of hydrogen-bond acceptors (Lipinski definition) is 6. The van der Waals surface area contributed by atoms with Gasteiger partial charge in [0.2, 0.25) is 0 Å². The minimum absolute atomic E-state index is 0.126. The maximum atomic E-state index is 13.5. The number of hydrogen-bond donors (Lipinski definition) is 3. The summed E-state index contributed by atoms with van der Waals surface area (Å²) in [6.45, 7) is 4.46. The lowest BCUT2D eigenvalue weighted by Gasteiger charge is -2.49. The fourth-order valence-electron chi connectivity index (χ4n) is 5.00. The van der Waals surface area contributed by atoms with Crippen LogP contribution in [0, 0.1) is 0 Å². The molecule has 0 aliphatic carbocycles. The summed E-state index contributed by atoms with van der Waals surface area (Å²) in [4.78, 5) is 38.6. The zero-order valence-corrected chi connectivity index (χ0v) is 22.7. The highest BCUT2D eigenvalue weighted by Gasteiger charge is 2.43. The molecule has 37 heavy (non-hydrogen) atoms. The van der Waals surface area contributed by atoms with Gasteiger partial charge in [0.05, 0.1) is 17.5 Å². The molecule has 1 saturated heterocycles. The number of rotatable bonds is 8. The third-order valence-electron chi connectivity index (χ3n) is 7.18. The Labute approximate surface area is 221 Å². The van der Waals surface area contributed by atoms with E-state index in [-0.39, 0.29) is 17.9 Å². The topological polar surface area (TPSA) is 122 Å². The summed E-state index contributed by atoms with van der Waals surface area (Å²) in [5.74, 6) is -0.443. The number of piperidine rings is 1. The number of likely N-dealkylation sites (tertiary alicyclic amines) is 1. The van der Waals surface area contributed by atoms with Crippen molar-refractivity contribution >= 4 is 42.8 Å². The van der Waals surface area contributed by atoms with Crippen molar-refractivity contribution in [1.29, 1.82) is 0 Å². The molecule has 0 radical (unpaired) electrons. The normalized spacial score (nSPS) is 17.8. The van der Waals surface area contributed by atoms with Gasteiger partial charge >= 0.3 is 8.25 Å². The van der Waals surface area contributed by atoms with Crippen LogP contribution in [0.4, 0.5) is 11.4 Å². The minimum Gasteiger partial charge on any atom is -0.397 e. The van der Waals surface area contributed by atoms with Crippen molar-refractivity contribution in [2.24, 2.45) is 0 Å². The van der Waals surface area contributed by atoms with E-state index in [1.54, 1.807) is 41.7 Å². The maximum absolute atomic E-state index is 13.5. The molecule has 1 aromatic heterocycles. The average molecular weight is 542 g/mol. The Bertz CT molecular complexity index is 1280. The van der Waals surface area contributed by atoms with Gasteiger partial charge in [-0.05, 0) is 79.1 Å². The largest absolute Gasteiger partial charge is 0.397 e. The van der Waals surface area contributed by atoms with Crippen LogP contribution in [0.5, 0.6) is 0 Å². The van der Waals surface area contributed by atoms with Crippen LogP contribution in [0.25, 0.3) is 10.4 Å². The van der Waals surface area contributed by atoms with Crippen LogP contribution >= 0.6 is 19.6 Å². The van der Waals surface area contributed by atoms with Gasteiger partial charge in [0.25, 0.3) is 11.8 Å². The number of amides is 2. The van der Waals surface area contributed by atoms with Gasteiger partial charge in [-0.3, -0.25) is 14.2 Å². The van der Waals surface area contributed by atoms with E-state index in [0.717, 1.165) is 10.4 Å². The molecule has 1 fully saturated rings. The average Bonchev–Trinajstić information content (AvgIpc) is 3.44. The number of carbonyl (C=O) groups excluding carboxylic acids is 2. The Kier molecular flexibility index (Phi) is 8.49. The van der Waals surface area contributed by atoms with E-state index in [9.17, 15) is 19.0 Å². The molecule has 2 heterocycles. The minimum atomic E-state index is -3.04. The van der Waals surface area contributed by atoms with Crippen molar-refractivity contribution in [2.45, 2.75) is 51.2 Å². The van der Waals surface area contributed by atoms with Crippen molar-refractivity contribution in [3.63, 3.8) is 0 Å². The Morgan fingerprint density at radius 2 is 1.86 bits per heavy atom.